The summed E-state index contributed by atoms with van der Waals surface area (Å²) in [6, 6.07) is 13.9. The molecule has 1 heterocycles. The van der Waals surface area contributed by atoms with Gasteiger partial charge in [-0.3, -0.25) is 4.57 Å². The number of aromatic nitrogens is 2. The number of nitrogens with zero attached hydrogens (tertiary/aromatic N) is 1. The van der Waals surface area contributed by atoms with Crippen molar-refractivity contribution in [1.29, 1.82) is 0 Å². The van der Waals surface area contributed by atoms with Crippen LogP contribution in [0.1, 0.15) is 0 Å². The Morgan fingerprint density at radius 2 is 1.89 bits per heavy atom. The zero-order valence-corrected chi connectivity index (χ0v) is 12.9. The van der Waals surface area contributed by atoms with Gasteiger partial charge in [-0.2, -0.15) is 0 Å². The lowest BCUT2D eigenvalue weighted by atomic mass is 10.3. The molecule has 1 N–H and O–H groups in total. The van der Waals surface area contributed by atoms with Crippen LogP contribution in [0.5, 0.6) is 0 Å². The Morgan fingerprint density at radius 3 is 2.67 bits per heavy atom. The van der Waals surface area contributed by atoms with Crippen LogP contribution in [-0.2, 0) is 0 Å². The van der Waals surface area contributed by atoms with Crippen molar-refractivity contribution in [3.63, 3.8) is 0 Å². The number of para-hydroxylation sites is 2. The summed E-state index contributed by atoms with van der Waals surface area (Å²) in [6.07, 6.45) is 0. The van der Waals surface area contributed by atoms with Crippen LogP contribution < -0.4 is 0 Å². The Balaban J connectivity index is 2.44. The van der Waals surface area contributed by atoms with E-state index in [1.807, 2.05) is 41.0 Å². The van der Waals surface area contributed by atoms with E-state index in [1.54, 1.807) is 0 Å². The summed E-state index contributed by atoms with van der Waals surface area (Å²) in [6.45, 7) is 0. The van der Waals surface area contributed by atoms with Gasteiger partial charge >= 0.3 is 0 Å². The van der Waals surface area contributed by atoms with Crippen LogP contribution in [0.2, 0.25) is 5.02 Å². The molecule has 1 aromatic heterocycles. The quantitative estimate of drug-likeness (QED) is 0.464. The number of hydrogen-bond acceptors (Lipinski definition) is 1. The second kappa shape index (κ2) is 4.68. The lowest BCUT2D eigenvalue weighted by Gasteiger charge is -2.06. The number of fused-ring (bicyclic) bond motifs is 1. The van der Waals surface area contributed by atoms with E-state index in [0.717, 1.165) is 20.3 Å². The van der Waals surface area contributed by atoms with Crippen LogP contribution in [0.15, 0.2) is 42.5 Å². The largest absolute Gasteiger partial charge is 0.329 e. The lowest BCUT2D eigenvalue weighted by molar-refractivity contribution is 1.06. The molecule has 5 heteroatoms. The van der Waals surface area contributed by atoms with Gasteiger partial charge in [0.2, 0.25) is 0 Å². The normalized spacial score (nSPS) is 11.0. The fraction of sp³-hybridized carbons (Fsp3) is 0. The number of imidazole rings is 1. The van der Waals surface area contributed by atoms with Crippen molar-refractivity contribution in [2.45, 2.75) is 0 Å². The number of H-pyrrole nitrogens is 1. The number of hydrogen-bond donors (Lipinski definition) is 1. The van der Waals surface area contributed by atoms with Crippen molar-refractivity contribution in [2.24, 2.45) is 0 Å². The molecular formula is C13H8ClIN2S. The van der Waals surface area contributed by atoms with Crippen LogP contribution in [0.3, 0.4) is 0 Å². The van der Waals surface area contributed by atoms with Gasteiger partial charge in [-0.1, -0.05) is 29.8 Å². The predicted octanol–water partition coefficient (Wildman–Crippen LogP) is 4.95. The third-order valence-electron chi connectivity index (χ3n) is 2.76. The highest BCUT2D eigenvalue weighted by molar-refractivity contribution is 14.1. The minimum atomic E-state index is 0.655. The SMILES string of the molecule is S=c1[nH]c2c(Cl)cccc2n1-c1ccccc1I. The summed E-state index contributed by atoms with van der Waals surface area (Å²) in [5, 5.41) is 0.684. The minimum Gasteiger partial charge on any atom is -0.329 e. The average molecular weight is 387 g/mol. The fourth-order valence-electron chi connectivity index (χ4n) is 1.97. The molecule has 0 saturated heterocycles. The van der Waals surface area contributed by atoms with Gasteiger partial charge in [-0.25, -0.2) is 0 Å². The number of rotatable bonds is 1. The summed E-state index contributed by atoms with van der Waals surface area (Å²) in [7, 11) is 0. The van der Waals surface area contributed by atoms with E-state index in [2.05, 4.69) is 33.6 Å². The summed E-state index contributed by atoms with van der Waals surface area (Å²) in [5.41, 5.74) is 2.94. The van der Waals surface area contributed by atoms with Gasteiger partial charge in [-0.05, 0) is 59.1 Å². The number of halogens is 2. The van der Waals surface area contributed by atoms with Crippen molar-refractivity contribution in [1.82, 2.24) is 9.55 Å². The molecule has 0 aliphatic carbocycles. The topological polar surface area (TPSA) is 20.7 Å². The first-order valence-electron chi connectivity index (χ1n) is 5.32. The molecule has 0 amide bonds. The van der Waals surface area contributed by atoms with Crippen LogP contribution in [0, 0.1) is 8.34 Å². The zero-order chi connectivity index (χ0) is 12.7. The van der Waals surface area contributed by atoms with Gasteiger partial charge in [0.1, 0.15) is 0 Å². The Kier molecular flexibility index (Phi) is 3.17. The van der Waals surface area contributed by atoms with Crippen molar-refractivity contribution < 1.29 is 0 Å². The van der Waals surface area contributed by atoms with E-state index in [0.29, 0.717) is 9.79 Å². The number of benzene rings is 2. The molecule has 2 aromatic carbocycles. The molecule has 18 heavy (non-hydrogen) atoms. The third-order valence-corrected chi connectivity index (χ3v) is 4.27. The van der Waals surface area contributed by atoms with Gasteiger partial charge < -0.3 is 4.98 Å². The van der Waals surface area contributed by atoms with Crippen LogP contribution in [0.25, 0.3) is 16.7 Å². The van der Waals surface area contributed by atoms with Crippen LogP contribution in [0.4, 0.5) is 0 Å². The maximum absolute atomic E-state index is 6.18. The van der Waals surface area contributed by atoms with Gasteiger partial charge in [0, 0.05) is 3.57 Å². The second-order valence-electron chi connectivity index (χ2n) is 3.85. The first kappa shape index (κ1) is 12.2. The van der Waals surface area contributed by atoms with Crippen molar-refractivity contribution in [3.05, 3.63) is 55.8 Å². The summed E-state index contributed by atoms with van der Waals surface area (Å²) >= 11 is 13.9. The van der Waals surface area contributed by atoms with E-state index in [9.17, 15) is 0 Å². The number of nitrogens with one attached hydrogen (secondary N) is 1. The van der Waals surface area contributed by atoms with Crippen LogP contribution >= 0.6 is 46.4 Å². The number of aromatic amines is 1. The monoisotopic (exact) mass is 386 g/mol. The van der Waals surface area contributed by atoms with Gasteiger partial charge in [0.15, 0.2) is 4.77 Å². The van der Waals surface area contributed by atoms with Crippen molar-refractivity contribution in [2.75, 3.05) is 0 Å². The van der Waals surface area contributed by atoms with E-state index in [4.69, 9.17) is 23.8 Å². The van der Waals surface area contributed by atoms with Crippen molar-refractivity contribution in [3.8, 4) is 5.69 Å². The standard InChI is InChI=1S/C13H8ClIN2S/c14-8-4-3-7-11-12(8)16-13(18)17(11)10-6-2-1-5-9(10)15/h1-7H,(H,16,18). The summed E-state index contributed by atoms with van der Waals surface area (Å²) in [5.74, 6) is 0. The second-order valence-corrected chi connectivity index (χ2v) is 5.81. The molecule has 3 aromatic rings. The predicted molar refractivity (Wildman–Crippen MR) is 86.2 cm³/mol. The van der Waals surface area contributed by atoms with Gasteiger partial charge in [0.05, 0.1) is 21.7 Å². The van der Waals surface area contributed by atoms with E-state index < -0.39 is 0 Å². The van der Waals surface area contributed by atoms with Crippen molar-refractivity contribution >= 4 is 57.4 Å². The highest BCUT2D eigenvalue weighted by atomic mass is 127. The molecule has 3 rings (SSSR count). The maximum Gasteiger partial charge on any atom is 0.182 e. The Bertz CT molecular complexity index is 791. The molecule has 90 valence electrons. The molecule has 0 spiro atoms. The van der Waals surface area contributed by atoms with Crippen LogP contribution in [-0.4, -0.2) is 9.55 Å². The van der Waals surface area contributed by atoms with E-state index in [-0.39, 0.29) is 0 Å². The Labute approximate surface area is 128 Å². The smallest absolute Gasteiger partial charge is 0.182 e. The Morgan fingerprint density at radius 1 is 1.11 bits per heavy atom. The molecule has 2 nitrogen and oxygen atoms in total. The van der Waals surface area contributed by atoms with Gasteiger partial charge in [-0.15, -0.1) is 0 Å². The Hall–Kier alpha value is -0.850. The highest BCUT2D eigenvalue weighted by Crippen LogP contribution is 2.27. The molecule has 0 saturated carbocycles. The van der Waals surface area contributed by atoms with Gasteiger partial charge in [0.25, 0.3) is 0 Å². The fourth-order valence-corrected chi connectivity index (χ4v) is 3.11. The molecule has 0 aliphatic rings. The molecule has 0 atom stereocenters. The zero-order valence-electron chi connectivity index (χ0n) is 9.15. The molecule has 0 fully saturated rings. The molecule has 0 radical (unpaired) electrons. The molecule has 0 aliphatic heterocycles. The van der Waals surface area contributed by atoms with E-state index >= 15 is 0 Å². The molecular weight excluding hydrogens is 379 g/mol. The lowest BCUT2D eigenvalue weighted by Crippen LogP contribution is -1.96. The molecule has 0 bridgehead atoms. The first-order valence-corrected chi connectivity index (χ1v) is 7.19. The molecule has 0 unspecified atom stereocenters. The minimum absolute atomic E-state index is 0.655. The summed E-state index contributed by atoms with van der Waals surface area (Å²) < 4.78 is 3.81. The third kappa shape index (κ3) is 1.88. The maximum atomic E-state index is 6.18. The highest BCUT2D eigenvalue weighted by Gasteiger charge is 2.10. The average Bonchev–Trinajstić information content (AvgIpc) is 2.68. The first-order chi connectivity index (χ1) is 8.68. The summed E-state index contributed by atoms with van der Waals surface area (Å²) in [4.78, 5) is 3.16. The van der Waals surface area contributed by atoms with E-state index in [1.165, 1.54) is 0 Å².